The molecule has 0 aliphatic rings. The van der Waals surface area contributed by atoms with Crippen LogP contribution in [0.3, 0.4) is 0 Å². The molecule has 0 spiro atoms. The van der Waals surface area contributed by atoms with Gasteiger partial charge in [-0.25, -0.2) is 9.59 Å². The van der Waals surface area contributed by atoms with Crippen LogP contribution in [-0.2, 0) is 9.59 Å². The Hall–Kier alpha value is -2.05. The average Bonchev–Trinajstić information content (AvgIpc) is 2.24. The molecule has 0 aliphatic heterocycles. The predicted molar refractivity (Wildman–Crippen MR) is 65.8 cm³/mol. The van der Waals surface area contributed by atoms with E-state index in [-0.39, 0.29) is 19.0 Å². The van der Waals surface area contributed by atoms with Gasteiger partial charge >= 0.3 is 12.0 Å². The van der Waals surface area contributed by atoms with Crippen molar-refractivity contribution in [1.82, 2.24) is 10.2 Å². The molecule has 7 heteroatoms. The molecule has 0 saturated heterocycles. The smallest absolute Gasteiger partial charge is 0.326 e. The molecule has 0 aliphatic carbocycles. The van der Waals surface area contributed by atoms with Crippen LogP contribution in [-0.4, -0.2) is 46.5 Å². The molecule has 0 fully saturated rings. The number of aliphatic carboxylic acids is 1. The van der Waals surface area contributed by atoms with Gasteiger partial charge in [-0.05, 0) is 20.3 Å². The minimum absolute atomic E-state index is 0.101. The van der Waals surface area contributed by atoms with Crippen molar-refractivity contribution in [3.63, 3.8) is 0 Å². The lowest BCUT2D eigenvalue weighted by Gasteiger charge is -2.27. The first-order chi connectivity index (χ1) is 8.29. The maximum atomic E-state index is 11.8. The number of rotatable bonds is 7. The number of nitrogens with zero attached hydrogens (tertiary/aromatic N) is 1. The Bertz CT molecular complexity index is 341. The Kier molecular flexibility index (Phi) is 6.48. The highest BCUT2D eigenvalue weighted by Crippen LogP contribution is 2.01. The van der Waals surface area contributed by atoms with Gasteiger partial charge in [0.15, 0.2) is 0 Å². The van der Waals surface area contributed by atoms with E-state index in [0.29, 0.717) is 0 Å². The first-order valence-corrected chi connectivity index (χ1v) is 5.48. The molecule has 0 aromatic carbocycles. The van der Waals surface area contributed by atoms with Crippen molar-refractivity contribution in [2.45, 2.75) is 32.4 Å². The van der Waals surface area contributed by atoms with Gasteiger partial charge in [0.05, 0.1) is 0 Å². The normalized spacial score (nSPS) is 11.7. The maximum Gasteiger partial charge on any atom is 0.326 e. The van der Waals surface area contributed by atoms with E-state index in [1.807, 2.05) is 0 Å². The maximum absolute atomic E-state index is 11.8. The molecule has 102 valence electrons. The monoisotopic (exact) mass is 257 g/mol. The van der Waals surface area contributed by atoms with E-state index in [1.54, 1.807) is 13.8 Å². The third-order valence-corrected chi connectivity index (χ3v) is 2.21. The zero-order valence-electron chi connectivity index (χ0n) is 10.5. The van der Waals surface area contributed by atoms with Gasteiger partial charge in [-0.3, -0.25) is 4.79 Å². The minimum Gasteiger partial charge on any atom is -0.480 e. The van der Waals surface area contributed by atoms with Crippen LogP contribution in [0.25, 0.3) is 0 Å². The van der Waals surface area contributed by atoms with Gasteiger partial charge in [0.2, 0.25) is 5.91 Å². The molecule has 0 radical (unpaired) electrons. The van der Waals surface area contributed by atoms with E-state index >= 15 is 0 Å². The van der Waals surface area contributed by atoms with E-state index in [0.717, 1.165) is 0 Å². The standard InChI is InChI=1S/C11H19N3O4/c1-4-5-8(10(16)17)13-11(18)14(7(2)3)6-9(12)15/h4,7-8H,1,5-6H2,2-3H3,(H2,12,15)(H,13,18)(H,16,17). The number of carbonyl (C=O) groups excluding carboxylic acids is 2. The molecule has 4 N–H and O–H groups in total. The Morgan fingerprint density at radius 2 is 2.00 bits per heavy atom. The number of hydrogen-bond acceptors (Lipinski definition) is 3. The number of nitrogens with one attached hydrogen (secondary N) is 1. The van der Waals surface area contributed by atoms with Crippen molar-refractivity contribution in [3.8, 4) is 0 Å². The summed E-state index contributed by atoms with van der Waals surface area (Å²) in [4.78, 5) is 34.7. The van der Waals surface area contributed by atoms with Gasteiger partial charge < -0.3 is 21.1 Å². The third kappa shape index (κ3) is 5.33. The summed E-state index contributed by atoms with van der Waals surface area (Å²) in [5.41, 5.74) is 5.03. The topological polar surface area (TPSA) is 113 Å². The number of carboxylic acids is 1. The number of carboxylic acid groups (broad SMARTS) is 1. The molecule has 0 saturated carbocycles. The lowest BCUT2D eigenvalue weighted by Crippen LogP contribution is -2.52. The first kappa shape index (κ1) is 16.0. The summed E-state index contributed by atoms with van der Waals surface area (Å²) in [6.45, 7) is 6.56. The van der Waals surface area contributed by atoms with Gasteiger partial charge in [0, 0.05) is 6.04 Å². The summed E-state index contributed by atoms with van der Waals surface area (Å²) in [5.74, 6) is -1.82. The highest BCUT2D eigenvalue weighted by molar-refractivity contribution is 5.86. The third-order valence-electron chi connectivity index (χ3n) is 2.21. The van der Waals surface area contributed by atoms with E-state index in [2.05, 4.69) is 11.9 Å². The minimum atomic E-state index is -1.16. The highest BCUT2D eigenvalue weighted by atomic mass is 16.4. The van der Waals surface area contributed by atoms with E-state index in [4.69, 9.17) is 10.8 Å². The van der Waals surface area contributed by atoms with Crippen LogP contribution in [0.2, 0.25) is 0 Å². The molecule has 0 rings (SSSR count). The SMILES string of the molecule is C=CCC(NC(=O)N(CC(N)=O)C(C)C)C(=O)O. The summed E-state index contributed by atoms with van der Waals surface area (Å²) in [5, 5.41) is 11.2. The molecule has 1 atom stereocenters. The number of urea groups is 1. The lowest BCUT2D eigenvalue weighted by molar-refractivity contribution is -0.139. The summed E-state index contributed by atoms with van der Waals surface area (Å²) in [6, 6.07) is -1.97. The second kappa shape index (κ2) is 7.31. The van der Waals surface area contributed by atoms with Crippen LogP contribution in [0.5, 0.6) is 0 Å². The van der Waals surface area contributed by atoms with Crippen LogP contribution in [0.4, 0.5) is 4.79 Å². The van der Waals surface area contributed by atoms with Crippen LogP contribution >= 0.6 is 0 Å². The summed E-state index contributed by atoms with van der Waals surface area (Å²) < 4.78 is 0. The summed E-state index contributed by atoms with van der Waals surface area (Å²) in [6.07, 6.45) is 1.50. The molecule has 1 unspecified atom stereocenters. The van der Waals surface area contributed by atoms with Crippen LogP contribution in [0.1, 0.15) is 20.3 Å². The van der Waals surface area contributed by atoms with E-state index < -0.39 is 23.9 Å². The molecule has 3 amide bonds. The number of nitrogens with two attached hydrogens (primary N) is 1. The predicted octanol–water partition coefficient (Wildman–Crippen LogP) is -0.0790. The zero-order chi connectivity index (χ0) is 14.3. The van der Waals surface area contributed by atoms with Crippen molar-refractivity contribution in [1.29, 1.82) is 0 Å². The second-order valence-corrected chi connectivity index (χ2v) is 4.05. The number of carbonyl (C=O) groups is 3. The Labute approximate surface area is 106 Å². The van der Waals surface area contributed by atoms with Crippen molar-refractivity contribution in [3.05, 3.63) is 12.7 Å². The molecule has 0 heterocycles. The molecule has 7 nitrogen and oxygen atoms in total. The van der Waals surface area contributed by atoms with Crippen LogP contribution in [0.15, 0.2) is 12.7 Å². The van der Waals surface area contributed by atoms with Crippen molar-refractivity contribution < 1.29 is 19.5 Å². The van der Waals surface area contributed by atoms with Crippen molar-refractivity contribution >= 4 is 17.9 Å². The Morgan fingerprint density at radius 1 is 1.44 bits per heavy atom. The molecule has 18 heavy (non-hydrogen) atoms. The molecular weight excluding hydrogens is 238 g/mol. The average molecular weight is 257 g/mol. The van der Waals surface area contributed by atoms with E-state index in [9.17, 15) is 14.4 Å². The van der Waals surface area contributed by atoms with Gasteiger partial charge in [0.1, 0.15) is 12.6 Å². The number of primary amides is 1. The molecule has 0 bridgehead atoms. The summed E-state index contributed by atoms with van der Waals surface area (Å²) in [7, 11) is 0. The fraction of sp³-hybridized carbons (Fsp3) is 0.545. The van der Waals surface area contributed by atoms with Gasteiger partial charge in [0.25, 0.3) is 0 Å². The lowest BCUT2D eigenvalue weighted by atomic mass is 10.2. The fourth-order valence-electron chi connectivity index (χ4n) is 1.28. The van der Waals surface area contributed by atoms with Crippen molar-refractivity contribution in [2.75, 3.05) is 6.54 Å². The summed E-state index contributed by atoms with van der Waals surface area (Å²) >= 11 is 0. The van der Waals surface area contributed by atoms with Crippen molar-refractivity contribution in [2.24, 2.45) is 5.73 Å². The molecular formula is C11H19N3O4. The van der Waals surface area contributed by atoms with E-state index in [1.165, 1.54) is 11.0 Å². The van der Waals surface area contributed by atoms with Gasteiger partial charge in [-0.1, -0.05) is 6.08 Å². The second-order valence-electron chi connectivity index (χ2n) is 4.05. The number of amides is 3. The Morgan fingerprint density at radius 3 is 2.33 bits per heavy atom. The molecule has 0 aromatic rings. The Balaban J connectivity index is 4.71. The van der Waals surface area contributed by atoms with Gasteiger partial charge in [-0.15, -0.1) is 6.58 Å². The van der Waals surface area contributed by atoms with Crippen LogP contribution in [0, 0.1) is 0 Å². The van der Waals surface area contributed by atoms with Gasteiger partial charge in [-0.2, -0.15) is 0 Å². The fourth-order valence-corrected chi connectivity index (χ4v) is 1.28. The number of hydrogen-bond donors (Lipinski definition) is 3. The highest BCUT2D eigenvalue weighted by Gasteiger charge is 2.24. The largest absolute Gasteiger partial charge is 0.480 e. The molecule has 0 aromatic heterocycles. The first-order valence-electron chi connectivity index (χ1n) is 5.48. The zero-order valence-corrected chi connectivity index (χ0v) is 10.5. The quantitative estimate of drug-likeness (QED) is 0.553. The van der Waals surface area contributed by atoms with Crippen LogP contribution < -0.4 is 11.1 Å².